The van der Waals surface area contributed by atoms with Crippen LogP contribution >= 0.6 is 24.0 Å². The summed E-state index contributed by atoms with van der Waals surface area (Å²) >= 11 is 6.06. The zero-order valence-electron chi connectivity index (χ0n) is 10.0. The molecule has 92 valence electrons. The lowest BCUT2D eigenvalue weighted by Gasteiger charge is -2.12. The van der Waals surface area contributed by atoms with Crippen LogP contribution in [0, 0.1) is 6.92 Å². The van der Waals surface area contributed by atoms with Gasteiger partial charge in [0.25, 0.3) is 0 Å². The number of aryl methyl sites for hydroxylation is 1. The zero-order valence-corrected chi connectivity index (χ0v) is 11.6. The summed E-state index contributed by atoms with van der Waals surface area (Å²) in [4.78, 5) is 0. The van der Waals surface area contributed by atoms with Gasteiger partial charge in [0.15, 0.2) is 0 Å². The molecule has 1 atom stereocenters. The number of unbranched alkanes of at least 4 members (excludes halogenated alkanes) is 2. The van der Waals surface area contributed by atoms with E-state index in [1.54, 1.807) is 0 Å². The van der Waals surface area contributed by atoms with Crippen molar-refractivity contribution in [2.24, 2.45) is 5.73 Å². The summed E-state index contributed by atoms with van der Waals surface area (Å²) in [5, 5.41) is 0.818. The van der Waals surface area contributed by atoms with E-state index < -0.39 is 0 Å². The summed E-state index contributed by atoms with van der Waals surface area (Å²) < 4.78 is 0. The topological polar surface area (TPSA) is 26.0 Å². The quantitative estimate of drug-likeness (QED) is 0.768. The number of hydrogen-bond donors (Lipinski definition) is 1. The lowest BCUT2D eigenvalue weighted by molar-refractivity contribution is 0.581. The van der Waals surface area contributed by atoms with Crippen molar-refractivity contribution >= 4 is 24.0 Å². The van der Waals surface area contributed by atoms with Crippen molar-refractivity contribution in [1.82, 2.24) is 0 Å². The van der Waals surface area contributed by atoms with Crippen molar-refractivity contribution in [1.29, 1.82) is 0 Å². The SMILES string of the molecule is CCCCC[C@@H](N)c1ccc(C)c(Cl)c1.Cl. The number of halogens is 2. The number of nitrogens with two attached hydrogens (primary N) is 1. The molecular formula is C13H21Cl2N. The van der Waals surface area contributed by atoms with E-state index in [-0.39, 0.29) is 18.4 Å². The fourth-order valence-electron chi connectivity index (χ4n) is 1.62. The average Bonchev–Trinajstić information content (AvgIpc) is 2.22. The molecule has 0 aromatic heterocycles. The molecule has 0 saturated heterocycles. The largest absolute Gasteiger partial charge is 0.324 e. The van der Waals surface area contributed by atoms with Crippen LogP contribution in [-0.4, -0.2) is 0 Å². The minimum atomic E-state index is 0. The summed E-state index contributed by atoms with van der Waals surface area (Å²) in [7, 11) is 0. The van der Waals surface area contributed by atoms with Gasteiger partial charge in [0.05, 0.1) is 0 Å². The van der Waals surface area contributed by atoms with E-state index in [2.05, 4.69) is 13.0 Å². The Morgan fingerprint density at radius 3 is 2.56 bits per heavy atom. The second-order valence-electron chi connectivity index (χ2n) is 4.11. The van der Waals surface area contributed by atoms with E-state index in [4.69, 9.17) is 17.3 Å². The van der Waals surface area contributed by atoms with Crippen LogP contribution in [0.5, 0.6) is 0 Å². The molecule has 0 aliphatic rings. The molecule has 0 radical (unpaired) electrons. The Bertz CT molecular complexity index is 313. The van der Waals surface area contributed by atoms with Gasteiger partial charge in [-0.3, -0.25) is 0 Å². The van der Waals surface area contributed by atoms with Gasteiger partial charge in [-0.05, 0) is 30.5 Å². The summed E-state index contributed by atoms with van der Waals surface area (Å²) in [5.41, 5.74) is 8.36. The molecule has 1 aromatic carbocycles. The molecule has 1 nitrogen and oxygen atoms in total. The number of hydrogen-bond acceptors (Lipinski definition) is 1. The second-order valence-corrected chi connectivity index (χ2v) is 4.52. The van der Waals surface area contributed by atoms with Crippen LogP contribution in [-0.2, 0) is 0 Å². The fourth-order valence-corrected chi connectivity index (χ4v) is 1.81. The highest BCUT2D eigenvalue weighted by Gasteiger charge is 2.06. The summed E-state index contributed by atoms with van der Waals surface area (Å²) in [5.74, 6) is 0. The number of benzene rings is 1. The molecule has 16 heavy (non-hydrogen) atoms. The first kappa shape index (κ1) is 15.8. The van der Waals surface area contributed by atoms with E-state index in [0.29, 0.717) is 0 Å². The minimum Gasteiger partial charge on any atom is -0.324 e. The molecule has 1 aromatic rings. The molecule has 2 N–H and O–H groups in total. The van der Waals surface area contributed by atoms with Crippen LogP contribution in [0.1, 0.15) is 49.8 Å². The van der Waals surface area contributed by atoms with Crippen molar-refractivity contribution in [3.05, 3.63) is 34.3 Å². The molecule has 1 rings (SSSR count). The standard InChI is InChI=1S/C13H20ClN.ClH/c1-3-4-5-6-13(15)11-8-7-10(2)12(14)9-11;/h7-9,13H,3-6,15H2,1-2H3;1H/t13-;/m1./s1. The first-order valence-corrected chi connectivity index (χ1v) is 6.04. The van der Waals surface area contributed by atoms with Crippen molar-refractivity contribution in [3.8, 4) is 0 Å². The Balaban J connectivity index is 0.00000225. The van der Waals surface area contributed by atoms with Gasteiger partial charge in [-0.15, -0.1) is 12.4 Å². The Labute approximate surface area is 110 Å². The van der Waals surface area contributed by atoms with Gasteiger partial charge in [0.2, 0.25) is 0 Å². The molecule has 0 aliphatic carbocycles. The maximum Gasteiger partial charge on any atom is 0.0438 e. The molecular weight excluding hydrogens is 241 g/mol. The Kier molecular flexibility index (Phi) is 7.82. The molecule has 0 unspecified atom stereocenters. The van der Waals surface area contributed by atoms with Gasteiger partial charge >= 0.3 is 0 Å². The maximum absolute atomic E-state index is 6.10. The molecule has 0 heterocycles. The van der Waals surface area contributed by atoms with Crippen LogP contribution in [0.25, 0.3) is 0 Å². The smallest absolute Gasteiger partial charge is 0.0438 e. The van der Waals surface area contributed by atoms with E-state index in [1.165, 1.54) is 19.3 Å². The third kappa shape index (κ3) is 4.73. The summed E-state index contributed by atoms with van der Waals surface area (Å²) in [6.07, 6.45) is 4.74. The third-order valence-electron chi connectivity index (χ3n) is 2.74. The molecule has 0 spiro atoms. The highest BCUT2D eigenvalue weighted by Crippen LogP contribution is 2.23. The van der Waals surface area contributed by atoms with Gasteiger partial charge in [-0.2, -0.15) is 0 Å². The first-order chi connectivity index (χ1) is 7.15. The highest BCUT2D eigenvalue weighted by molar-refractivity contribution is 6.31. The number of rotatable bonds is 5. The average molecular weight is 262 g/mol. The van der Waals surface area contributed by atoms with Gasteiger partial charge in [-0.25, -0.2) is 0 Å². The highest BCUT2D eigenvalue weighted by atomic mass is 35.5. The normalized spacial score (nSPS) is 12.0. The third-order valence-corrected chi connectivity index (χ3v) is 3.15. The second kappa shape index (κ2) is 7.94. The zero-order chi connectivity index (χ0) is 11.3. The summed E-state index contributed by atoms with van der Waals surface area (Å²) in [6.45, 7) is 4.21. The van der Waals surface area contributed by atoms with E-state index in [1.807, 2.05) is 19.1 Å². The van der Waals surface area contributed by atoms with Gasteiger partial charge < -0.3 is 5.73 Å². The molecule has 0 fully saturated rings. The monoisotopic (exact) mass is 261 g/mol. The van der Waals surface area contributed by atoms with Crippen LogP contribution in [0.2, 0.25) is 5.02 Å². The Morgan fingerprint density at radius 1 is 1.31 bits per heavy atom. The molecule has 0 amide bonds. The maximum atomic E-state index is 6.10. The molecule has 3 heteroatoms. The summed E-state index contributed by atoms with van der Waals surface area (Å²) in [6, 6.07) is 6.25. The van der Waals surface area contributed by atoms with E-state index >= 15 is 0 Å². The Morgan fingerprint density at radius 2 is 2.00 bits per heavy atom. The van der Waals surface area contributed by atoms with E-state index in [0.717, 1.165) is 22.6 Å². The minimum absolute atomic E-state index is 0. The molecule has 0 aliphatic heterocycles. The van der Waals surface area contributed by atoms with Gasteiger partial charge in [0, 0.05) is 11.1 Å². The van der Waals surface area contributed by atoms with E-state index in [9.17, 15) is 0 Å². The van der Waals surface area contributed by atoms with Gasteiger partial charge in [0.1, 0.15) is 0 Å². The van der Waals surface area contributed by atoms with Crippen LogP contribution < -0.4 is 5.73 Å². The van der Waals surface area contributed by atoms with Crippen LogP contribution in [0.4, 0.5) is 0 Å². The molecule has 0 bridgehead atoms. The fraction of sp³-hybridized carbons (Fsp3) is 0.538. The first-order valence-electron chi connectivity index (χ1n) is 5.66. The predicted octanol–water partition coefficient (Wildman–Crippen LogP) is 4.65. The lowest BCUT2D eigenvalue weighted by atomic mass is 10.0. The molecule has 0 saturated carbocycles. The lowest BCUT2D eigenvalue weighted by Crippen LogP contribution is -2.10. The Hall–Kier alpha value is -0.240. The van der Waals surface area contributed by atoms with Crippen molar-refractivity contribution < 1.29 is 0 Å². The van der Waals surface area contributed by atoms with Crippen molar-refractivity contribution in [3.63, 3.8) is 0 Å². The van der Waals surface area contributed by atoms with Crippen molar-refractivity contribution in [2.45, 2.75) is 45.6 Å². The van der Waals surface area contributed by atoms with Crippen LogP contribution in [0.15, 0.2) is 18.2 Å². The van der Waals surface area contributed by atoms with Crippen molar-refractivity contribution in [2.75, 3.05) is 0 Å². The van der Waals surface area contributed by atoms with Gasteiger partial charge in [-0.1, -0.05) is 49.9 Å². The van der Waals surface area contributed by atoms with Crippen LogP contribution in [0.3, 0.4) is 0 Å². The predicted molar refractivity (Wildman–Crippen MR) is 74.5 cm³/mol.